The molecular formula is C13H18BN3O2. The van der Waals surface area contributed by atoms with Crippen LogP contribution in [0.1, 0.15) is 39.0 Å². The van der Waals surface area contributed by atoms with Gasteiger partial charge in [-0.1, -0.05) is 0 Å². The van der Waals surface area contributed by atoms with Crippen LogP contribution >= 0.6 is 0 Å². The van der Waals surface area contributed by atoms with Gasteiger partial charge >= 0.3 is 7.12 Å². The maximum atomic E-state index is 9.09. The summed E-state index contributed by atoms with van der Waals surface area (Å²) in [6.07, 6.45) is 1.66. The quantitative estimate of drug-likeness (QED) is 0.791. The standard InChI is InChI=1S/C13H18BN3O2/c1-12(2)13(3,4)19-14(18-12)10-5-9(6-15)11(7-16)17-8-10/h5,8H,7,16H2,1-4H3. The molecule has 0 radical (unpaired) electrons. The Hall–Kier alpha value is -1.42. The van der Waals surface area contributed by atoms with E-state index in [0.717, 1.165) is 5.46 Å². The summed E-state index contributed by atoms with van der Waals surface area (Å²) < 4.78 is 11.8. The van der Waals surface area contributed by atoms with Crippen LogP contribution in [-0.4, -0.2) is 23.3 Å². The third kappa shape index (κ3) is 2.37. The molecule has 0 bridgehead atoms. The van der Waals surface area contributed by atoms with Gasteiger partial charge in [0.05, 0.1) is 22.5 Å². The van der Waals surface area contributed by atoms with Gasteiger partial charge in [0, 0.05) is 18.2 Å². The number of hydrogen-bond donors (Lipinski definition) is 1. The molecule has 5 nitrogen and oxygen atoms in total. The molecule has 19 heavy (non-hydrogen) atoms. The van der Waals surface area contributed by atoms with E-state index in [9.17, 15) is 0 Å². The zero-order chi connectivity index (χ0) is 14.3. The normalized spacial score (nSPS) is 20.3. The van der Waals surface area contributed by atoms with Crippen molar-refractivity contribution in [2.45, 2.75) is 45.4 Å². The molecule has 0 unspecified atom stereocenters. The SMILES string of the molecule is CC1(C)OB(c2cnc(CN)c(C#N)c2)OC1(C)C. The van der Waals surface area contributed by atoms with Crippen molar-refractivity contribution in [2.24, 2.45) is 5.73 Å². The minimum absolute atomic E-state index is 0.243. The lowest BCUT2D eigenvalue weighted by atomic mass is 9.79. The summed E-state index contributed by atoms with van der Waals surface area (Å²) in [4.78, 5) is 4.20. The second-order valence-electron chi connectivity index (χ2n) is 5.67. The van der Waals surface area contributed by atoms with E-state index in [-0.39, 0.29) is 6.54 Å². The van der Waals surface area contributed by atoms with Crippen LogP contribution in [0.25, 0.3) is 0 Å². The number of nitrogens with zero attached hydrogens (tertiary/aromatic N) is 2. The van der Waals surface area contributed by atoms with E-state index < -0.39 is 18.3 Å². The monoisotopic (exact) mass is 259 g/mol. The Labute approximate surface area is 113 Å². The molecule has 0 amide bonds. The van der Waals surface area contributed by atoms with Gasteiger partial charge < -0.3 is 15.0 Å². The highest BCUT2D eigenvalue weighted by Crippen LogP contribution is 2.36. The van der Waals surface area contributed by atoms with Gasteiger partial charge in [-0.25, -0.2) is 0 Å². The van der Waals surface area contributed by atoms with Crippen molar-refractivity contribution in [3.8, 4) is 6.07 Å². The van der Waals surface area contributed by atoms with Crippen LogP contribution in [0.4, 0.5) is 0 Å². The lowest BCUT2D eigenvalue weighted by Gasteiger charge is -2.32. The fraction of sp³-hybridized carbons (Fsp3) is 0.538. The minimum Gasteiger partial charge on any atom is -0.399 e. The predicted octanol–water partition coefficient (Wildman–Crippen LogP) is 0.711. The topological polar surface area (TPSA) is 81.2 Å². The highest BCUT2D eigenvalue weighted by atomic mass is 16.7. The summed E-state index contributed by atoms with van der Waals surface area (Å²) in [6.45, 7) is 8.19. The van der Waals surface area contributed by atoms with E-state index in [0.29, 0.717) is 11.3 Å². The zero-order valence-electron chi connectivity index (χ0n) is 11.7. The molecule has 100 valence electrons. The largest absolute Gasteiger partial charge is 0.496 e. The van der Waals surface area contributed by atoms with Crippen LogP contribution in [0.5, 0.6) is 0 Å². The number of pyridine rings is 1. The van der Waals surface area contributed by atoms with E-state index in [1.807, 2.05) is 27.7 Å². The number of hydrogen-bond acceptors (Lipinski definition) is 5. The van der Waals surface area contributed by atoms with E-state index >= 15 is 0 Å². The Morgan fingerprint density at radius 3 is 2.37 bits per heavy atom. The van der Waals surface area contributed by atoms with E-state index in [1.54, 1.807) is 12.3 Å². The van der Waals surface area contributed by atoms with Crippen LogP contribution in [0, 0.1) is 11.3 Å². The van der Waals surface area contributed by atoms with Crippen molar-refractivity contribution >= 4 is 12.6 Å². The molecule has 1 fully saturated rings. The fourth-order valence-corrected chi connectivity index (χ4v) is 1.88. The predicted molar refractivity (Wildman–Crippen MR) is 72.6 cm³/mol. The van der Waals surface area contributed by atoms with Crippen molar-refractivity contribution in [3.63, 3.8) is 0 Å². The molecular weight excluding hydrogens is 241 g/mol. The van der Waals surface area contributed by atoms with E-state index in [1.165, 1.54) is 0 Å². The van der Waals surface area contributed by atoms with Crippen molar-refractivity contribution in [1.29, 1.82) is 5.26 Å². The summed E-state index contributed by atoms with van der Waals surface area (Å²) in [5, 5.41) is 9.09. The first-order valence-electron chi connectivity index (χ1n) is 6.25. The molecule has 1 aliphatic rings. The molecule has 0 aliphatic carbocycles. The van der Waals surface area contributed by atoms with Gasteiger partial charge in [0.25, 0.3) is 0 Å². The van der Waals surface area contributed by atoms with Gasteiger partial charge in [-0.05, 0) is 33.8 Å². The van der Waals surface area contributed by atoms with Crippen molar-refractivity contribution in [2.75, 3.05) is 0 Å². The third-order valence-electron chi connectivity index (χ3n) is 3.83. The highest BCUT2D eigenvalue weighted by molar-refractivity contribution is 6.62. The maximum absolute atomic E-state index is 9.09. The molecule has 1 aromatic rings. The Morgan fingerprint density at radius 1 is 1.32 bits per heavy atom. The van der Waals surface area contributed by atoms with Gasteiger partial charge in [-0.2, -0.15) is 5.26 Å². The maximum Gasteiger partial charge on any atom is 0.496 e. The van der Waals surface area contributed by atoms with Crippen molar-refractivity contribution < 1.29 is 9.31 Å². The summed E-state index contributed by atoms with van der Waals surface area (Å²) >= 11 is 0. The summed E-state index contributed by atoms with van der Waals surface area (Å²) in [6, 6.07) is 3.83. The van der Waals surface area contributed by atoms with E-state index in [4.69, 9.17) is 20.3 Å². The first kappa shape index (κ1) is 14.0. The first-order chi connectivity index (χ1) is 8.80. The van der Waals surface area contributed by atoms with Crippen molar-refractivity contribution in [1.82, 2.24) is 4.98 Å². The molecule has 1 aromatic heterocycles. The smallest absolute Gasteiger partial charge is 0.399 e. The average molecular weight is 259 g/mol. The van der Waals surface area contributed by atoms with Gasteiger partial charge in [0.15, 0.2) is 0 Å². The van der Waals surface area contributed by atoms with Crippen molar-refractivity contribution in [3.05, 3.63) is 23.5 Å². The Morgan fingerprint density at radius 2 is 1.89 bits per heavy atom. The lowest BCUT2D eigenvalue weighted by molar-refractivity contribution is 0.00578. The Balaban J connectivity index is 2.33. The summed E-state index contributed by atoms with van der Waals surface area (Å²) in [5.74, 6) is 0. The van der Waals surface area contributed by atoms with Gasteiger partial charge in [-0.15, -0.1) is 0 Å². The first-order valence-corrected chi connectivity index (χ1v) is 6.25. The molecule has 2 heterocycles. The number of nitriles is 1. The number of aromatic nitrogens is 1. The number of rotatable bonds is 2. The molecule has 6 heteroatoms. The van der Waals surface area contributed by atoms with Crippen LogP contribution in [0.15, 0.2) is 12.3 Å². The van der Waals surface area contributed by atoms with Gasteiger partial charge in [0.2, 0.25) is 0 Å². The van der Waals surface area contributed by atoms with Crippen LogP contribution in [0.3, 0.4) is 0 Å². The average Bonchev–Trinajstić information content (AvgIpc) is 2.57. The van der Waals surface area contributed by atoms with Crippen LogP contribution < -0.4 is 11.2 Å². The highest BCUT2D eigenvalue weighted by Gasteiger charge is 2.51. The Bertz CT molecular complexity index is 521. The molecule has 2 rings (SSSR count). The molecule has 1 aliphatic heterocycles. The van der Waals surface area contributed by atoms with E-state index in [2.05, 4.69) is 11.1 Å². The second kappa shape index (κ2) is 4.60. The second-order valence-corrected chi connectivity index (χ2v) is 5.67. The minimum atomic E-state index is -0.503. The molecule has 0 aromatic carbocycles. The van der Waals surface area contributed by atoms with Crippen LogP contribution in [0.2, 0.25) is 0 Å². The van der Waals surface area contributed by atoms with Gasteiger partial charge in [0.1, 0.15) is 6.07 Å². The Kier molecular flexibility index (Phi) is 3.39. The third-order valence-corrected chi connectivity index (χ3v) is 3.83. The fourth-order valence-electron chi connectivity index (χ4n) is 1.88. The zero-order valence-corrected chi connectivity index (χ0v) is 11.7. The molecule has 0 atom stereocenters. The summed E-state index contributed by atoms with van der Waals surface area (Å²) in [7, 11) is -0.503. The molecule has 1 saturated heterocycles. The van der Waals surface area contributed by atoms with Gasteiger partial charge in [-0.3, -0.25) is 4.98 Å². The van der Waals surface area contributed by atoms with Crippen LogP contribution in [-0.2, 0) is 15.9 Å². The molecule has 2 N–H and O–H groups in total. The molecule has 0 spiro atoms. The number of nitrogens with two attached hydrogens (primary N) is 1. The summed E-state index contributed by atoms with van der Waals surface area (Å²) in [5.41, 5.74) is 6.52. The lowest BCUT2D eigenvalue weighted by Crippen LogP contribution is -2.41. The molecule has 0 saturated carbocycles.